The largest absolute Gasteiger partial charge is 0.482 e. The van der Waals surface area contributed by atoms with Crippen molar-refractivity contribution in [3.8, 4) is 5.75 Å². The molecule has 1 aliphatic heterocycles. The number of ether oxygens (including phenoxy) is 2. The van der Waals surface area contributed by atoms with Crippen molar-refractivity contribution in [3.63, 3.8) is 0 Å². The van der Waals surface area contributed by atoms with Crippen LogP contribution >= 0.6 is 0 Å². The molecule has 2 aromatic rings. The first-order chi connectivity index (χ1) is 14.9. The van der Waals surface area contributed by atoms with Crippen LogP contribution in [-0.4, -0.2) is 43.6 Å². The second-order valence-corrected chi connectivity index (χ2v) is 7.47. The fraction of sp³-hybridized carbons (Fsp3) is 0.364. The zero-order valence-electron chi connectivity index (χ0n) is 17.5. The van der Waals surface area contributed by atoms with Crippen molar-refractivity contribution in [2.75, 3.05) is 37.0 Å². The van der Waals surface area contributed by atoms with E-state index in [1.165, 1.54) is 13.2 Å². The van der Waals surface area contributed by atoms with Crippen LogP contribution in [-0.2, 0) is 9.53 Å². The van der Waals surface area contributed by atoms with Crippen LogP contribution in [0.4, 0.5) is 17.1 Å². The van der Waals surface area contributed by atoms with Gasteiger partial charge in [-0.2, -0.15) is 0 Å². The van der Waals surface area contributed by atoms with E-state index in [-0.39, 0.29) is 17.9 Å². The quantitative estimate of drug-likeness (QED) is 0.408. The lowest BCUT2D eigenvalue weighted by Gasteiger charge is -2.31. The van der Waals surface area contributed by atoms with Gasteiger partial charge in [-0.25, -0.2) is 4.79 Å². The topological polar surface area (TPSA) is 111 Å². The molecular formula is C22H25N3O6. The van der Waals surface area contributed by atoms with Gasteiger partial charge in [0.25, 0.3) is 11.6 Å². The lowest BCUT2D eigenvalue weighted by atomic mass is 9.98. The number of nitro groups is 1. The molecule has 1 N–H and O–H groups in total. The van der Waals surface area contributed by atoms with E-state index < -0.39 is 16.8 Å². The maximum Gasteiger partial charge on any atom is 0.343 e. The number of hydrogen-bond acceptors (Lipinski definition) is 7. The van der Waals surface area contributed by atoms with Crippen LogP contribution in [0.1, 0.15) is 30.1 Å². The van der Waals surface area contributed by atoms with E-state index >= 15 is 0 Å². The molecule has 0 aromatic heterocycles. The number of nitrogens with zero attached hydrogens (tertiary/aromatic N) is 2. The van der Waals surface area contributed by atoms with Crippen LogP contribution in [0.15, 0.2) is 42.5 Å². The average molecular weight is 427 g/mol. The minimum absolute atomic E-state index is 0.0752. The first kappa shape index (κ1) is 22.1. The molecule has 9 nitrogen and oxygen atoms in total. The molecule has 1 heterocycles. The molecular weight excluding hydrogens is 402 g/mol. The monoisotopic (exact) mass is 427 g/mol. The number of piperidine rings is 1. The fourth-order valence-electron chi connectivity index (χ4n) is 3.37. The molecule has 0 saturated carbocycles. The van der Waals surface area contributed by atoms with Gasteiger partial charge in [-0.15, -0.1) is 0 Å². The summed E-state index contributed by atoms with van der Waals surface area (Å²) in [5.41, 5.74) is 1.16. The number of benzene rings is 2. The van der Waals surface area contributed by atoms with Crippen molar-refractivity contribution in [2.24, 2.45) is 5.92 Å². The molecule has 0 spiro atoms. The highest BCUT2D eigenvalue weighted by Gasteiger charge is 2.24. The van der Waals surface area contributed by atoms with E-state index in [1.54, 1.807) is 36.4 Å². The average Bonchev–Trinajstić information content (AvgIpc) is 2.78. The molecule has 0 radical (unpaired) electrons. The maximum atomic E-state index is 12.6. The van der Waals surface area contributed by atoms with Crippen molar-refractivity contribution in [1.29, 1.82) is 0 Å². The number of hydrogen-bond donors (Lipinski definition) is 1. The Kier molecular flexibility index (Phi) is 7.07. The molecule has 0 atom stereocenters. The molecule has 0 unspecified atom stereocenters. The zero-order valence-corrected chi connectivity index (χ0v) is 17.5. The zero-order chi connectivity index (χ0) is 22.4. The van der Waals surface area contributed by atoms with E-state index in [0.717, 1.165) is 25.9 Å². The summed E-state index contributed by atoms with van der Waals surface area (Å²) in [4.78, 5) is 36.9. The predicted octanol–water partition coefficient (Wildman–Crippen LogP) is 3.64. The van der Waals surface area contributed by atoms with E-state index in [9.17, 15) is 19.7 Å². The number of anilines is 2. The first-order valence-electron chi connectivity index (χ1n) is 10.0. The van der Waals surface area contributed by atoms with Crippen LogP contribution < -0.4 is 15.0 Å². The van der Waals surface area contributed by atoms with Gasteiger partial charge in [0.1, 0.15) is 11.4 Å². The summed E-state index contributed by atoms with van der Waals surface area (Å²) in [5, 5.41) is 14.3. The lowest BCUT2D eigenvalue weighted by Crippen LogP contribution is -2.33. The molecule has 3 rings (SSSR count). The van der Waals surface area contributed by atoms with Gasteiger partial charge in [-0.3, -0.25) is 14.9 Å². The van der Waals surface area contributed by atoms with Gasteiger partial charge in [0.15, 0.2) is 6.61 Å². The van der Waals surface area contributed by atoms with E-state index in [2.05, 4.69) is 17.0 Å². The lowest BCUT2D eigenvalue weighted by molar-refractivity contribution is -0.384. The van der Waals surface area contributed by atoms with Crippen molar-refractivity contribution in [1.82, 2.24) is 0 Å². The Hall–Kier alpha value is -3.62. The Morgan fingerprint density at radius 2 is 1.84 bits per heavy atom. The second kappa shape index (κ2) is 9.92. The number of amides is 1. The number of methoxy groups -OCH3 is 1. The molecule has 1 amide bonds. The van der Waals surface area contributed by atoms with Gasteiger partial charge >= 0.3 is 5.97 Å². The molecule has 1 aliphatic rings. The number of carbonyl (C=O) groups excluding carboxylic acids is 2. The van der Waals surface area contributed by atoms with Gasteiger partial charge in [0.2, 0.25) is 0 Å². The van der Waals surface area contributed by atoms with Crippen molar-refractivity contribution in [2.45, 2.75) is 19.8 Å². The second-order valence-electron chi connectivity index (χ2n) is 7.47. The third-order valence-electron chi connectivity index (χ3n) is 5.26. The summed E-state index contributed by atoms with van der Waals surface area (Å²) >= 11 is 0. The van der Waals surface area contributed by atoms with E-state index in [0.29, 0.717) is 23.0 Å². The number of esters is 1. The minimum Gasteiger partial charge on any atom is -0.482 e. The molecule has 1 fully saturated rings. The maximum absolute atomic E-state index is 12.6. The van der Waals surface area contributed by atoms with Crippen LogP contribution in [0.5, 0.6) is 5.75 Å². The smallest absolute Gasteiger partial charge is 0.343 e. The van der Waals surface area contributed by atoms with Crippen molar-refractivity contribution >= 4 is 28.9 Å². The van der Waals surface area contributed by atoms with E-state index in [4.69, 9.17) is 4.74 Å². The number of rotatable bonds is 7. The van der Waals surface area contributed by atoms with Gasteiger partial charge in [0, 0.05) is 30.4 Å². The SMILES string of the molecule is COC(=O)COc1ccc(NC(=O)c2ccc(N3CCC(C)CC3)c([N+](=O)[O-])c2)cc1. The van der Waals surface area contributed by atoms with Crippen LogP contribution in [0.2, 0.25) is 0 Å². The van der Waals surface area contributed by atoms with Crippen LogP contribution in [0.3, 0.4) is 0 Å². The first-order valence-corrected chi connectivity index (χ1v) is 10.0. The Morgan fingerprint density at radius 1 is 1.16 bits per heavy atom. The molecule has 0 aliphatic carbocycles. The van der Waals surface area contributed by atoms with Gasteiger partial charge in [0.05, 0.1) is 12.0 Å². The summed E-state index contributed by atoms with van der Waals surface area (Å²) in [5.74, 6) is 0.100. The van der Waals surface area contributed by atoms with Crippen molar-refractivity contribution < 1.29 is 24.0 Å². The highest BCUT2D eigenvalue weighted by atomic mass is 16.6. The van der Waals surface area contributed by atoms with E-state index in [1.807, 2.05) is 4.90 Å². The summed E-state index contributed by atoms with van der Waals surface area (Å²) in [6, 6.07) is 11.0. The molecule has 0 bridgehead atoms. The Balaban J connectivity index is 1.69. The highest BCUT2D eigenvalue weighted by molar-refractivity contribution is 6.05. The third-order valence-corrected chi connectivity index (χ3v) is 5.26. The Bertz CT molecular complexity index is 952. The van der Waals surface area contributed by atoms with Crippen molar-refractivity contribution in [3.05, 3.63) is 58.1 Å². The van der Waals surface area contributed by atoms with Gasteiger partial charge in [-0.1, -0.05) is 6.92 Å². The van der Waals surface area contributed by atoms with Crippen LogP contribution in [0.25, 0.3) is 0 Å². The van der Waals surface area contributed by atoms with Gasteiger partial charge < -0.3 is 19.7 Å². The molecule has 164 valence electrons. The fourth-order valence-corrected chi connectivity index (χ4v) is 3.37. The molecule has 1 saturated heterocycles. The number of nitrogens with one attached hydrogen (secondary N) is 1. The Morgan fingerprint density at radius 3 is 2.45 bits per heavy atom. The predicted molar refractivity (Wildman–Crippen MR) is 116 cm³/mol. The highest BCUT2D eigenvalue weighted by Crippen LogP contribution is 2.32. The molecule has 9 heteroatoms. The summed E-state index contributed by atoms with van der Waals surface area (Å²) < 4.78 is 9.76. The minimum atomic E-state index is -0.499. The summed E-state index contributed by atoms with van der Waals surface area (Å²) in [6.45, 7) is 3.49. The normalized spacial score (nSPS) is 14.1. The molecule has 2 aromatic carbocycles. The van der Waals surface area contributed by atoms with Gasteiger partial charge in [-0.05, 0) is 55.2 Å². The third kappa shape index (κ3) is 5.71. The summed E-state index contributed by atoms with van der Waals surface area (Å²) in [7, 11) is 1.27. The molecule has 31 heavy (non-hydrogen) atoms. The standard InChI is InChI=1S/C22H25N3O6/c1-15-9-11-24(12-10-15)19-8-3-16(13-20(19)25(28)29)22(27)23-17-4-6-18(7-5-17)31-14-21(26)30-2/h3-8,13,15H,9-12,14H2,1-2H3,(H,23,27). The van der Waals surface area contributed by atoms with Crippen LogP contribution in [0, 0.1) is 16.0 Å². The number of nitro benzene ring substituents is 1. The number of carbonyl (C=O) groups is 2. The Labute approximate surface area is 180 Å². The summed E-state index contributed by atoms with van der Waals surface area (Å²) in [6.07, 6.45) is 1.97.